The van der Waals surface area contributed by atoms with Crippen molar-refractivity contribution in [3.63, 3.8) is 0 Å². The number of nitrogens with one attached hydrogen (secondary N) is 1. The normalized spacial score (nSPS) is 10.2. The standard InChI is InChI=1S/C12H19N3O2/c1-2-17-7-3-6-15-12(16)5-4-11-8-13-10-14-9-11/h8-10H,2-7H2,1H3,(H,15,16). The van der Waals surface area contributed by atoms with Crippen molar-refractivity contribution in [2.45, 2.75) is 26.2 Å². The van der Waals surface area contributed by atoms with Gasteiger partial charge in [0.15, 0.2) is 0 Å². The molecule has 1 amide bonds. The summed E-state index contributed by atoms with van der Waals surface area (Å²) in [6.45, 7) is 4.05. The first-order valence-electron chi connectivity index (χ1n) is 5.91. The minimum atomic E-state index is 0.0605. The van der Waals surface area contributed by atoms with Crippen LogP contribution in [0.15, 0.2) is 18.7 Å². The van der Waals surface area contributed by atoms with Crippen molar-refractivity contribution in [3.8, 4) is 0 Å². The summed E-state index contributed by atoms with van der Waals surface area (Å²) in [6.07, 6.45) is 6.95. The molecular weight excluding hydrogens is 218 g/mol. The van der Waals surface area contributed by atoms with E-state index in [0.29, 0.717) is 26.0 Å². The SMILES string of the molecule is CCOCCCNC(=O)CCc1cncnc1. The minimum absolute atomic E-state index is 0.0605. The molecular formula is C12H19N3O2. The van der Waals surface area contributed by atoms with Crippen LogP contribution in [-0.4, -0.2) is 35.6 Å². The van der Waals surface area contributed by atoms with Gasteiger partial charge in [0.1, 0.15) is 6.33 Å². The van der Waals surface area contributed by atoms with Crippen LogP contribution in [0.2, 0.25) is 0 Å². The number of hydrogen-bond acceptors (Lipinski definition) is 4. The Kier molecular flexibility index (Phi) is 6.90. The van der Waals surface area contributed by atoms with Crippen LogP contribution in [0.4, 0.5) is 0 Å². The molecule has 0 radical (unpaired) electrons. The largest absolute Gasteiger partial charge is 0.382 e. The molecule has 1 aromatic heterocycles. The second-order valence-corrected chi connectivity index (χ2v) is 3.65. The summed E-state index contributed by atoms with van der Waals surface area (Å²) in [7, 11) is 0. The highest BCUT2D eigenvalue weighted by molar-refractivity contribution is 5.76. The van der Waals surface area contributed by atoms with E-state index in [4.69, 9.17) is 4.74 Å². The van der Waals surface area contributed by atoms with Gasteiger partial charge in [-0.3, -0.25) is 4.79 Å². The van der Waals surface area contributed by atoms with E-state index in [1.54, 1.807) is 12.4 Å². The molecule has 0 aromatic carbocycles. The Hall–Kier alpha value is -1.49. The summed E-state index contributed by atoms with van der Waals surface area (Å²) in [6, 6.07) is 0. The van der Waals surface area contributed by atoms with Crippen LogP contribution in [0.25, 0.3) is 0 Å². The first-order valence-corrected chi connectivity index (χ1v) is 5.91. The quantitative estimate of drug-likeness (QED) is 0.684. The summed E-state index contributed by atoms with van der Waals surface area (Å²) in [5.41, 5.74) is 0.983. The predicted octanol–water partition coefficient (Wildman–Crippen LogP) is 0.952. The minimum Gasteiger partial charge on any atom is -0.382 e. The topological polar surface area (TPSA) is 64.1 Å². The monoisotopic (exact) mass is 237 g/mol. The lowest BCUT2D eigenvalue weighted by Gasteiger charge is -2.05. The van der Waals surface area contributed by atoms with Crippen LogP contribution < -0.4 is 5.32 Å². The lowest BCUT2D eigenvalue weighted by atomic mass is 10.2. The van der Waals surface area contributed by atoms with Crippen LogP contribution >= 0.6 is 0 Å². The van der Waals surface area contributed by atoms with E-state index in [9.17, 15) is 4.79 Å². The predicted molar refractivity (Wildman–Crippen MR) is 64.5 cm³/mol. The van der Waals surface area contributed by atoms with E-state index in [1.165, 1.54) is 6.33 Å². The van der Waals surface area contributed by atoms with Gasteiger partial charge in [-0.25, -0.2) is 9.97 Å². The highest BCUT2D eigenvalue weighted by Gasteiger charge is 2.01. The van der Waals surface area contributed by atoms with Gasteiger partial charge in [0.25, 0.3) is 0 Å². The fraction of sp³-hybridized carbons (Fsp3) is 0.583. The molecule has 0 unspecified atom stereocenters. The highest BCUT2D eigenvalue weighted by Crippen LogP contribution is 1.98. The molecule has 1 heterocycles. The van der Waals surface area contributed by atoms with E-state index in [1.807, 2.05) is 6.92 Å². The number of ether oxygens (including phenoxy) is 1. The Balaban J connectivity index is 2.05. The molecule has 0 fully saturated rings. The molecule has 1 rings (SSSR count). The van der Waals surface area contributed by atoms with Crippen molar-refractivity contribution in [2.75, 3.05) is 19.8 Å². The fourth-order valence-electron chi connectivity index (χ4n) is 1.35. The molecule has 5 nitrogen and oxygen atoms in total. The highest BCUT2D eigenvalue weighted by atomic mass is 16.5. The lowest BCUT2D eigenvalue weighted by molar-refractivity contribution is -0.121. The molecule has 0 spiro atoms. The lowest BCUT2D eigenvalue weighted by Crippen LogP contribution is -2.25. The number of carbonyl (C=O) groups excluding carboxylic acids is 1. The van der Waals surface area contributed by atoms with Crippen molar-refractivity contribution < 1.29 is 9.53 Å². The molecule has 0 aliphatic carbocycles. The van der Waals surface area contributed by atoms with Crippen molar-refractivity contribution in [2.24, 2.45) is 0 Å². The summed E-state index contributed by atoms with van der Waals surface area (Å²) in [4.78, 5) is 19.3. The van der Waals surface area contributed by atoms with E-state index < -0.39 is 0 Å². The molecule has 0 aliphatic rings. The zero-order valence-corrected chi connectivity index (χ0v) is 10.2. The van der Waals surface area contributed by atoms with E-state index >= 15 is 0 Å². The van der Waals surface area contributed by atoms with Crippen molar-refractivity contribution in [3.05, 3.63) is 24.3 Å². The van der Waals surface area contributed by atoms with Gasteiger partial charge in [-0.05, 0) is 25.3 Å². The maximum Gasteiger partial charge on any atom is 0.220 e. The van der Waals surface area contributed by atoms with Gasteiger partial charge in [0.2, 0.25) is 5.91 Å². The van der Waals surface area contributed by atoms with Crippen molar-refractivity contribution in [1.29, 1.82) is 0 Å². The molecule has 1 aromatic rings. The molecule has 5 heteroatoms. The number of amides is 1. The molecule has 0 saturated carbocycles. The smallest absolute Gasteiger partial charge is 0.220 e. The van der Waals surface area contributed by atoms with Crippen molar-refractivity contribution >= 4 is 5.91 Å². The Bertz CT molecular complexity index is 317. The Morgan fingerprint density at radius 2 is 2.18 bits per heavy atom. The molecule has 1 N–H and O–H groups in total. The number of nitrogens with zero attached hydrogens (tertiary/aromatic N) is 2. The second-order valence-electron chi connectivity index (χ2n) is 3.65. The van der Waals surface area contributed by atoms with Crippen LogP contribution in [-0.2, 0) is 16.0 Å². The average molecular weight is 237 g/mol. The molecule has 94 valence electrons. The molecule has 0 aliphatic heterocycles. The maximum atomic E-state index is 11.5. The second kappa shape index (κ2) is 8.64. The first kappa shape index (κ1) is 13.6. The average Bonchev–Trinajstić information content (AvgIpc) is 2.37. The molecule has 17 heavy (non-hydrogen) atoms. The zero-order valence-electron chi connectivity index (χ0n) is 10.2. The zero-order chi connectivity index (χ0) is 12.3. The van der Waals surface area contributed by atoms with Crippen LogP contribution in [0, 0.1) is 0 Å². The van der Waals surface area contributed by atoms with Gasteiger partial charge >= 0.3 is 0 Å². The first-order chi connectivity index (χ1) is 8.33. The van der Waals surface area contributed by atoms with Crippen LogP contribution in [0.5, 0.6) is 0 Å². The Labute approximate surface area is 102 Å². The third-order valence-electron chi connectivity index (χ3n) is 2.25. The maximum absolute atomic E-state index is 11.5. The van der Waals surface area contributed by atoms with Crippen LogP contribution in [0.3, 0.4) is 0 Å². The number of aromatic nitrogens is 2. The summed E-state index contributed by atoms with van der Waals surface area (Å²) >= 11 is 0. The molecule has 0 bridgehead atoms. The van der Waals surface area contributed by atoms with Gasteiger partial charge in [-0.15, -0.1) is 0 Å². The third-order valence-corrected chi connectivity index (χ3v) is 2.25. The summed E-state index contributed by atoms with van der Waals surface area (Å²) in [5, 5.41) is 2.85. The summed E-state index contributed by atoms with van der Waals surface area (Å²) in [5.74, 6) is 0.0605. The van der Waals surface area contributed by atoms with E-state index in [0.717, 1.165) is 18.6 Å². The van der Waals surface area contributed by atoms with Gasteiger partial charge in [0.05, 0.1) is 0 Å². The third kappa shape index (κ3) is 6.63. The van der Waals surface area contributed by atoms with Crippen molar-refractivity contribution in [1.82, 2.24) is 15.3 Å². The molecule has 0 atom stereocenters. The number of hydrogen-bond donors (Lipinski definition) is 1. The fourth-order valence-corrected chi connectivity index (χ4v) is 1.35. The molecule has 0 saturated heterocycles. The number of rotatable bonds is 8. The summed E-state index contributed by atoms with van der Waals surface area (Å²) < 4.78 is 5.18. The number of aryl methyl sites for hydroxylation is 1. The van der Waals surface area contributed by atoms with Crippen LogP contribution in [0.1, 0.15) is 25.3 Å². The van der Waals surface area contributed by atoms with Gasteiger partial charge in [-0.1, -0.05) is 0 Å². The van der Waals surface area contributed by atoms with E-state index in [2.05, 4.69) is 15.3 Å². The number of carbonyl (C=O) groups is 1. The Morgan fingerprint density at radius 3 is 2.88 bits per heavy atom. The van der Waals surface area contributed by atoms with E-state index in [-0.39, 0.29) is 5.91 Å². The Morgan fingerprint density at radius 1 is 1.41 bits per heavy atom. The van der Waals surface area contributed by atoms with Gasteiger partial charge in [-0.2, -0.15) is 0 Å². The van der Waals surface area contributed by atoms with Gasteiger partial charge < -0.3 is 10.1 Å². The van der Waals surface area contributed by atoms with Gasteiger partial charge in [0, 0.05) is 38.6 Å².